The number of fused-ring (bicyclic) bond motifs is 1. The first kappa shape index (κ1) is 6.03. The highest BCUT2D eigenvalue weighted by molar-refractivity contribution is 5.73. The molecule has 0 aliphatic rings. The van der Waals surface area contributed by atoms with Crippen molar-refractivity contribution < 1.29 is 4.79 Å². The van der Waals surface area contributed by atoms with E-state index >= 15 is 0 Å². The van der Waals surface area contributed by atoms with Gasteiger partial charge in [-0.25, -0.2) is 9.97 Å². The van der Waals surface area contributed by atoms with Gasteiger partial charge in [-0.2, -0.15) is 0 Å². The second kappa shape index (κ2) is 2.16. The fourth-order valence-electron chi connectivity index (χ4n) is 0.879. The Morgan fingerprint density at radius 3 is 3.18 bits per heavy atom. The van der Waals surface area contributed by atoms with Crippen LogP contribution in [0.4, 0.5) is 0 Å². The van der Waals surface area contributed by atoms with E-state index < -0.39 is 0 Å². The van der Waals surface area contributed by atoms with E-state index in [9.17, 15) is 4.79 Å². The zero-order chi connectivity index (χ0) is 7.68. The first-order chi connectivity index (χ1) is 5.40. The highest BCUT2D eigenvalue weighted by atomic mass is 16.1. The van der Waals surface area contributed by atoms with Crippen molar-refractivity contribution in [1.29, 1.82) is 0 Å². The topological polar surface area (TPSA) is 47.3 Å². The predicted molar refractivity (Wildman–Crippen MR) is 37.8 cm³/mol. The quantitative estimate of drug-likeness (QED) is 0.576. The summed E-state index contributed by atoms with van der Waals surface area (Å²) in [5.74, 6) is 0.519. The molecule has 0 unspecified atom stereocenters. The zero-order valence-corrected chi connectivity index (χ0v) is 5.56. The summed E-state index contributed by atoms with van der Waals surface area (Å²) in [7, 11) is 0. The molecule has 0 amide bonds. The van der Waals surface area contributed by atoms with Crippen LogP contribution >= 0.6 is 0 Å². The van der Waals surface area contributed by atoms with Crippen LogP contribution in [0.3, 0.4) is 0 Å². The number of hydrogen-bond acceptors (Lipinski definition) is 3. The van der Waals surface area contributed by atoms with Crippen LogP contribution in [0.1, 0.15) is 5.69 Å². The molecule has 2 aromatic heterocycles. The summed E-state index contributed by atoms with van der Waals surface area (Å²) in [4.78, 5) is 17.9. The Labute approximate surface area is 62.5 Å². The van der Waals surface area contributed by atoms with Crippen LogP contribution in [0.25, 0.3) is 5.78 Å². The summed E-state index contributed by atoms with van der Waals surface area (Å²) >= 11 is 0. The maximum absolute atomic E-state index is 10.1. The minimum absolute atomic E-state index is 0.281. The smallest absolute Gasteiger partial charge is 0.255 e. The van der Waals surface area contributed by atoms with Crippen molar-refractivity contribution in [2.24, 2.45) is 0 Å². The van der Waals surface area contributed by atoms with Crippen molar-refractivity contribution in [2.45, 2.75) is 0 Å². The zero-order valence-electron chi connectivity index (χ0n) is 5.56. The van der Waals surface area contributed by atoms with Gasteiger partial charge in [-0.1, -0.05) is 0 Å². The molecule has 0 spiro atoms. The molecule has 0 bridgehead atoms. The first-order valence-electron chi connectivity index (χ1n) is 3.08. The Morgan fingerprint density at radius 2 is 2.45 bits per heavy atom. The molecule has 0 N–H and O–H groups in total. The van der Waals surface area contributed by atoms with Gasteiger partial charge in [0.25, 0.3) is 6.29 Å². The number of carbonyl (C=O) groups excluding carboxylic acids is 1. The number of imidazole rings is 1. The van der Waals surface area contributed by atoms with Crippen LogP contribution in [0.15, 0.2) is 24.7 Å². The Balaban J connectivity index is 2.78. The molecule has 4 nitrogen and oxygen atoms in total. The largest absolute Gasteiger partial charge is 0.290 e. The second-order valence-electron chi connectivity index (χ2n) is 2.06. The van der Waals surface area contributed by atoms with E-state index in [4.69, 9.17) is 0 Å². The van der Waals surface area contributed by atoms with E-state index in [2.05, 4.69) is 9.97 Å². The molecule has 0 aliphatic carbocycles. The van der Waals surface area contributed by atoms with Gasteiger partial charge in [0, 0.05) is 18.6 Å². The lowest BCUT2D eigenvalue weighted by atomic mass is 10.5. The summed E-state index contributed by atoms with van der Waals surface area (Å²) < 4.78 is 1.67. The van der Waals surface area contributed by atoms with Gasteiger partial charge in [0.05, 0.1) is 0 Å². The normalized spacial score (nSPS) is 10.2. The average Bonchev–Trinajstić information content (AvgIpc) is 2.46. The molecule has 0 saturated carbocycles. The number of aromatic nitrogens is 3. The van der Waals surface area contributed by atoms with Crippen molar-refractivity contribution >= 4 is 12.1 Å². The van der Waals surface area contributed by atoms with Crippen LogP contribution in [0.2, 0.25) is 0 Å². The maximum atomic E-state index is 10.1. The van der Waals surface area contributed by atoms with Gasteiger partial charge < -0.3 is 0 Å². The highest BCUT2D eigenvalue weighted by Gasteiger charge is 1.98. The highest BCUT2D eigenvalue weighted by Crippen LogP contribution is 1.97. The number of nitrogens with zero attached hydrogens (tertiary/aromatic N) is 3. The summed E-state index contributed by atoms with van der Waals surface area (Å²) in [5.41, 5.74) is 0.281. The molecule has 2 aromatic rings. The molecule has 0 aromatic carbocycles. The van der Waals surface area contributed by atoms with Crippen molar-refractivity contribution in [1.82, 2.24) is 14.4 Å². The molecular formula is C7H4N3O. The lowest BCUT2D eigenvalue weighted by molar-refractivity contribution is 0.561. The van der Waals surface area contributed by atoms with E-state index in [-0.39, 0.29) is 5.69 Å². The Kier molecular flexibility index (Phi) is 1.18. The van der Waals surface area contributed by atoms with Gasteiger partial charge in [0.15, 0.2) is 0 Å². The molecule has 4 heteroatoms. The van der Waals surface area contributed by atoms with E-state index in [0.717, 1.165) is 0 Å². The summed E-state index contributed by atoms with van der Waals surface area (Å²) in [6, 6.07) is 1.77. The minimum Gasteiger partial charge on any atom is -0.290 e. The summed E-state index contributed by atoms with van der Waals surface area (Å²) in [6.07, 6.45) is 6.67. The van der Waals surface area contributed by atoms with Gasteiger partial charge in [0.1, 0.15) is 5.69 Å². The fraction of sp³-hybridized carbons (Fsp3) is 0. The monoisotopic (exact) mass is 146 g/mol. The molecule has 0 aliphatic heterocycles. The van der Waals surface area contributed by atoms with Crippen LogP contribution < -0.4 is 0 Å². The van der Waals surface area contributed by atoms with Crippen molar-refractivity contribution in [3.63, 3.8) is 0 Å². The summed E-state index contributed by atoms with van der Waals surface area (Å²) in [5, 5.41) is 0. The molecule has 0 atom stereocenters. The minimum atomic E-state index is 0.281. The first-order valence-corrected chi connectivity index (χ1v) is 3.08. The fourth-order valence-corrected chi connectivity index (χ4v) is 0.879. The SMILES string of the molecule is O=[C]c1cn2cccnc2n1. The number of hydrogen-bond donors (Lipinski definition) is 0. The predicted octanol–water partition coefficient (Wildman–Crippen LogP) is 0.187. The molecule has 2 heterocycles. The van der Waals surface area contributed by atoms with Gasteiger partial charge >= 0.3 is 0 Å². The van der Waals surface area contributed by atoms with E-state index in [1.165, 1.54) is 0 Å². The van der Waals surface area contributed by atoms with E-state index in [1.54, 1.807) is 35.3 Å². The number of rotatable bonds is 1. The molecule has 1 radical (unpaired) electrons. The third kappa shape index (κ3) is 0.881. The van der Waals surface area contributed by atoms with Gasteiger partial charge in [-0.15, -0.1) is 0 Å². The van der Waals surface area contributed by atoms with E-state index in [0.29, 0.717) is 5.78 Å². The molecule has 2 rings (SSSR count). The maximum Gasteiger partial charge on any atom is 0.255 e. The average molecular weight is 146 g/mol. The molecule has 0 saturated heterocycles. The Morgan fingerprint density at radius 1 is 1.55 bits per heavy atom. The van der Waals surface area contributed by atoms with Gasteiger partial charge in [-0.05, 0) is 6.07 Å². The molecular weight excluding hydrogens is 142 g/mol. The van der Waals surface area contributed by atoms with Crippen LogP contribution in [0.5, 0.6) is 0 Å². The van der Waals surface area contributed by atoms with Gasteiger partial charge in [0.2, 0.25) is 5.78 Å². The Hall–Kier alpha value is -1.71. The molecule has 11 heavy (non-hydrogen) atoms. The van der Waals surface area contributed by atoms with Crippen LogP contribution in [-0.4, -0.2) is 20.7 Å². The van der Waals surface area contributed by atoms with E-state index in [1.807, 2.05) is 0 Å². The third-order valence-electron chi connectivity index (χ3n) is 1.34. The summed E-state index contributed by atoms with van der Waals surface area (Å²) in [6.45, 7) is 0. The van der Waals surface area contributed by atoms with Crippen LogP contribution in [-0.2, 0) is 4.79 Å². The second-order valence-corrected chi connectivity index (χ2v) is 2.06. The lowest BCUT2D eigenvalue weighted by Gasteiger charge is -1.85. The standard InChI is InChI=1S/C7H4N3O/c11-5-6-4-10-3-1-2-8-7(10)9-6/h1-4H. The molecule has 0 fully saturated rings. The third-order valence-corrected chi connectivity index (χ3v) is 1.34. The Bertz CT molecular complexity index is 360. The van der Waals surface area contributed by atoms with Crippen LogP contribution in [0, 0.1) is 0 Å². The van der Waals surface area contributed by atoms with Crippen molar-refractivity contribution in [2.75, 3.05) is 0 Å². The lowest BCUT2D eigenvalue weighted by Crippen LogP contribution is -1.83. The van der Waals surface area contributed by atoms with Gasteiger partial charge in [-0.3, -0.25) is 9.20 Å². The van der Waals surface area contributed by atoms with Crippen molar-refractivity contribution in [3.05, 3.63) is 30.4 Å². The molecule has 53 valence electrons. The van der Waals surface area contributed by atoms with Crippen molar-refractivity contribution in [3.8, 4) is 0 Å².